The van der Waals surface area contributed by atoms with Crippen LogP contribution in [0, 0.1) is 6.92 Å². The average Bonchev–Trinajstić information content (AvgIpc) is 2.44. The highest BCUT2D eigenvalue weighted by Crippen LogP contribution is 2.23. The Morgan fingerprint density at radius 2 is 1.86 bits per heavy atom. The van der Waals surface area contributed by atoms with E-state index in [2.05, 4.69) is 0 Å². The van der Waals surface area contributed by atoms with Crippen molar-refractivity contribution in [3.63, 3.8) is 0 Å². The molecule has 0 saturated heterocycles. The van der Waals surface area contributed by atoms with Gasteiger partial charge >= 0.3 is 5.97 Å². The number of para-hydroxylation sites is 1. The van der Waals surface area contributed by atoms with E-state index in [9.17, 15) is 4.79 Å². The van der Waals surface area contributed by atoms with Gasteiger partial charge in [-0.15, -0.1) is 0 Å². The maximum Gasteiger partial charge on any atom is 0.339 e. The fraction of sp³-hybridized carbons (Fsp3) is 0.188. The first-order valence-electron chi connectivity index (χ1n) is 6.42. The first-order chi connectivity index (χ1) is 10.1. The molecule has 4 nitrogen and oxygen atoms in total. The first kappa shape index (κ1) is 15.2. The van der Waals surface area contributed by atoms with Crippen LogP contribution in [0.5, 0.6) is 11.5 Å². The van der Waals surface area contributed by atoms with Gasteiger partial charge in [-0.05, 0) is 36.8 Å². The summed E-state index contributed by atoms with van der Waals surface area (Å²) < 4.78 is 11.0. The van der Waals surface area contributed by atoms with Crippen LogP contribution in [0.4, 0.5) is 0 Å². The summed E-state index contributed by atoms with van der Waals surface area (Å²) in [6, 6.07) is 12.1. The number of halogens is 1. The maximum absolute atomic E-state index is 11.1. The van der Waals surface area contributed by atoms with Crippen LogP contribution in [0.2, 0.25) is 5.02 Å². The molecule has 0 aliphatic heterocycles. The van der Waals surface area contributed by atoms with Crippen LogP contribution in [0.3, 0.4) is 0 Å². The normalized spacial score (nSPS) is 10.2. The highest BCUT2D eigenvalue weighted by atomic mass is 35.5. The molecule has 2 aromatic rings. The van der Waals surface area contributed by atoms with Gasteiger partial charge in [-0.3, -0.25) is 0 Å². The van der Waals surface area contributed by atoms with Crippen molar-refractivity contribution >= 4 is 17.6 Å². The summed E-state index contributed by atoms with van der Waals surface area (Å²) in [5, 5.41) is 9.73. The largest absolute Gasteiger partial charge is 0.490 e. The molecule has 0 aliphatic rings. The van der Waals surface area contributed by atoms with Gasteiger partial charge in [0.15, 0.2) is 0 Å². The summed E-state index contributed by atoms with van der Waals surface area (Å²) in [6.45, 7) is 2.35. The third-order valence-electron chi connectivity index (χ3n) is 2.84. The van der Waals surface area contributed by atoms with Crippen LogP contribution in [-0.2, 0) is 0 Å². The molecule has 21 heavy (non-hydrogen) atoms. The number of benzene rings is 2. The van der Waals surface area contributed by atoms with Gasteiger partial charge in [-0.1, -0.05) is 29.8 Å². The van der Waals surface area contributed by atoms with Gasteiger partial charge in [-0.2, -0.15) is 0 Å². The molecule has 0 unspecified atom stereocenters. The number of rotatable bonds is 6. The molecule has 0 aromatic heterocycles. The summed E-state index contributed by atoms with van der Waals surface area (Å²) in [5.41, 5.74) is 0.926. The van der Waals surface area contributed by atoms with E-state index in [1.807, 2.05) is 0 Å². The Labute approximate surface area is 127 Å². The quantitative estimate of drug-likeness (QED) is 0.825. The lowest BCUT2D eigenvalue weighted by atomic mass is 10.1. The average molecular weight is 307 g/mol. The summed E-state index contributed by atoms with van der Waals surface area (Å²) in [7, 11) is 0. The van der Waals surface area contributed by atoms with Gasteiger partial charge < -0.3 is 14.6 Å². The Hall–Kier alpha value is -2.20. The molecule has 0 radical (unpaired) electrons. The van der Waals surface area contributed by atoms with E-state index in [-0.39, 0.29) is 12.2 Å². The number of ether oxygens (including phenoxy) is 2. The molecule has 0 fully saturated rings. The van der Waals surface area contributed by atoms with Crippen molar-refractivity contribution in [1.82, 2.24) is 0 Å². The third-order valence-corrected chi connectivity index (χ3v) is 3.07. The molecule has 0 spiro atoms. The lowest BCUT2D eigenvalue weighted by molar-refractivity contribution is 0.0691. The molecule has 0 amide bonds. The number of aromatic carboxylic acids is 1. The van der Waals surface area contributed by atoms with Crippen LogP contribution >= 0.6 is 11.6 Å². The number of hydrogen-bond acceptors (Lipinski definition) is 3. The van der Waals surface area contributed by atoms with E-state index in [1.165, 1.54) is 6.07 Å². The number of hydrogen-bond donors (Lipinski definition) is 1. The summed E-state index contributed by atoms with van der Waals surface area (Å²) in [6.07, 6.45) is 0. The van der Waals surface area contributed by atoms with Crippen LogP contribution in [0.1, 0.15) is 15.9 Å². The standard InChI is InChI=1S/C16H15ClO4/c1-11-4-2-7-14(16(18)19)15(11)21-9-8-20-13-6-3-5-12(17)10-13/h2-7,10H,8-9H2,1H3,(H,18,19). The van der Waals surface area contributed by atoms with Gasteiger partial charge in [0.1, 0.15) is 30.3 Å². The fourth-order valence-corrected chi connectivity index (χ4v) is 2.05. The minimum atomic E-state index is -1.01. The van der Waals surface area contributed by atoms with Gasteiger partial charge in [-0.25, -0.2) is 4.79 Å². The molecule has 110 valence electrons. The van der Waals surface area contributed by atoms with Crippen molar-refractivity contribution in [3.8, 4) is 11.5 Å². The second-order valence-corrected chi connectivity index (χ2v) is 4.85. The predicted molar refractivity (Wildman–Crippen MR) is 80.6 cm³/mol. The van der Waals surface area contributed by atoms with E-state index < -0.39 is 5.97 Å². The summed E-state index contributed by atoms with van der Waals surface area (Å²) >= 11 is 5.85. The molecular weight excluding hydrogens is 292 g/mol. The molecule has 5 heteroatoms. The molecule has 0 heterocycles. The topological polar surface area (TPSA) is 55.8 Å². The zero-order valence-corrected chi connectivity index (χ0v) is 12.3. The third kappa shape index (κ3) is 4.13. The number of carboxylic acids is 1. The summed E-state index contributed by atoms with van der Waals surface area (Å²) in [4.78, 5) is 11.1. The molecule has 0 bridgehead atoms. The monoisotopic (exact) mass is 306 g/mol. The Morgan fingerprint density at radius 3 is 2.57 bits per heavy atom. The zero-order valence-electron chi connectivity index (χ0n) is 11.5. The van der Waals surface area contributed by atoms with Crippen LogP contribution in [-0.4, -0.2) is 24.3 Å². The molecule has 2 rings (SSSR count). The van der Waals surface area contributed by atoms with Crippen LogP contribution in [0.15, 0.2) is 42.5 Å². The Kier molecular flexibility index (Phi) is 5.06. The van der Waals surface area contributed by atoms with E-state index in [0.717, 1.165) is 5.56 Å². The van der Waals surface area contributed by atoms with Crippen molar-refractivity contribution in [1.29, 1.82) is 0 Å². The van der Waals surface area contributed by atoms with Crippen LogP contribution < -0.4 is 9.47 Å². The lowest BCUT2D eigenvalue weighted by Crippen LogP contribution is -2.12. The lowest BCUT2D eigenvalue weighted by Gasteiger charge is -2.12. The number of carbonyl (C=O) groups is 1. The van der Waals surface area contributed by atoms with Crippen molar-refractivity contribution < 1.29 is 19.4 Å². The van der Waals surface area contributed by atoms with Gasteiger partial charge in [0.05, 0.1) is 0 Å². The smallest absolute Gasteiger partial charge is 0.339 e. The van der Waals surface area contributed by atoms with Crippen LogP contribution in [0.25, 0.3) is 0 Å². The Balaban J connectivity index is 1.93. The van der Waals surface area contributed by atoms with Gasteiger partial charge in [0.25, 0.3) is 0 Å². The second-order valence-electron chi connectivity index (χ2n) is 4.41. The van der Waals surface area contributed by atoms with Crippen molar-refractivity contribution in [3.05, 3.63) is 58.6 Å². The zero-order chi connectivity index (χ0) is 15.2. The first-order valence-corrected chi connectivity index (χ1v) is 6.80. The molecule has 0 atom stereocenters. The second kappa shape index (κ2) is 6.99. The summed E-state index contributed by atoms with van der Waals surface area (Å²) in [5.74, 6) is 0.0125. The van der Waals surface area contributed by atoms with E-state index in [4.69, 9.17) is 26.2 Å². The van der Waals surface area contributed by atoms with E-state index in [0.29, 0.717) is 23.1 Å². The SMILES string of the molecule is Cc1cccc(C(=O)O)c1OCCOc1cccc(Cl)c1. The fourth-order valence-electron chi connectivity index (χ4n) is 1.87. The minimum absolute atomic E-state index is 0.151. The number of carboxylic acid groups (broad SMARTS) is 1. The van der Waals surface area contributed by atoms with Crippen molar-refractivity contribution in [2.24, 2.45) is 0 Å². The Morgan fingerprint density at radius 1 is 1.14 bits per heavy atom. The minimum Gasteiger partial charge on any atom is -0.490 e. The van der Waals surface area contributed by atoms with Gasteiger partial charge in [0, 0.05) is 5.02 Å². The maximum atomic E-state index is 11.1. The molecule has 2 aromatic carbocycles. The van der Waals surface area contributed by atoms with Crippen molar-refractivity contribution in [2.45, 2.75) is 6.92 Å². The highest BCUT2D eigenvalue weighted by molar-refractivity contribution is 6.30. The number of aryl methyl sites for hydroxylation is 1. The Bertz CT molecular complexity index is 640. The van der Waals surface area contributed by atoms with E-state index in [1.54, 1.807) is 43.3 Å². The van der Waals surface area contributed by atoms with Crippen molar-refractivity contribution in [2.75, 3.05) is 13.2 Å². The molecule has 1 N–H and O–H groups in total. The molecule has 0 aliphatic carbocycles. The van der Waals surface area contributed by atoms with E-state index >= 15 is 0 Å². The molecular formula is C16H15ClO4. The molecule has 0 saturated carbocycles. The van der Waals surface area contributed by atoms with Gasteiger partial charge in [0.2, 0.25) is 0 Å². The highest BCUT2D eigenvalue weighted by Gasteiger charge is 2.13. The predicted octanol–water partition coefficient (Wildman–Crippen LogP) is 3.80.